The lowest BCUT2D eigenvalue weighted by molar-refractivity contribution is 0.0946. The summed E-state index contributed by atoms with van der Waals surface area (Å²) in [6, 6.07) is 3.97. The number of benzene rings is 1. The summed E-state index contributed by atoms with van der Waals surface area (Å²) in [4.78, 5) is 12.2. The first-order valence-corrected chi connectivity index (χ1v) is 7.29. The molecule has 4 heteroatoms. The number of rotatable bonds is 5. The van der Waals surface area contributed by atoms with Crippen LogP contribution in [0.3, 0.4) is 0 Å². The maximum Gasteiger partial charge on any atom is 0.252 e. The minimum Gasteiger partial charge on any atom is -0.395 e. The first-order chi connectivity index (χ1) is 10.1. The molecule has 0 aromatic heterocycles. The second kappa shape index (κ2) is 7.24. The summed E-state index contributed by atoms with van der Waals surface area (Å²) >= 11 is 0. The van der Waals surface area contributed by atoms with Crippen molar-refractivity contribution in [3.63, 3.8) is 0 Å². The van der Waals surface area contributed by atoms with Gasteiger partial charge in [-0.15, -0.1) is 0 Å². The zero-order chi connectivity index (χ0) is 15.2. The minimum absolute atomic E-state index is 0.0528. The van der Waals surface area contributed by atoms with Gasteiger partial charge in [0.1, 0.15) is 5.82 Å². The highest BCUT2D eigenvalue weighted by Crippen LogP contribution is 2.36. The van der Waals surface area contributed by atoms with E-state index in [1.165, 1.54) is 31.0 Å². The molecule has 1 aromatic rings. The summed E-state index contributed by atoms with van der Waals surface area (Å²) in [6.07, 6.45) is 2.78. The number of halogens is 1. The molecule has 1 aromatic carbocycles. The average Bonchev–Trinajstić information content (AvgIpc) is 3.29. The first kappa shape index (κ1) is 15.5. The molecule has 0 aliphatic heterocycles. The molecule has 21 heavy (non-hydrogen) atoms. The molecule has 0 saturated heterocycles. The number of nitrogens with one attached hydrogen (secondary N) is 1. The Hall–Kier alpha value is -1.86. The fourth-order valence-electron chi connectivity index (χ4n) is 2.21. The van der Waals surface area contributed by atoms with E-state index in [0.29, 0.717) is 30.0 Å². The Morgan fingerprint density at radius 3 is 2.95 bits per heavy atom. The number of aliphatic hydroxyl groups excluding tert-OH is 1. The Morgan fingerprint density at radius 2 is 2.29 bits per heavy atom. The van der Waals surface area contributed by atoms with Gasteiger partial charge in [-0.1, -0.05) is 18.8 Å². The molecule has 1 aliphatic carbocycles. The van der Waals surface area contributed by atoms with Crippen LogP contribution in [0.2, 0.25) is 0 Å². The van der Waals surface area contributed by atoms with Crippen LogP contribution in [-0.4, -0.2) is 24.2 Å². The highest BCUT2D eigenvalue weighted by Gasteiger charge is 2.28. The van der Waals surface area contributed by atoms with Crippen molar-refractivity contribution in [2.45, 2.75) is 26.2 Å². The monoisotopic (exact) mass is 289 g/mol. The van der Waals surface area contributed by atoms with Crippen LogP contribution >= 0.6 is 0 Å². The normalized spacial score (nSPS) is 15.0. The smallest absolute Gasteiger partial charge is 0.252 e. The summed E-state index contributed by atoms with van der Waals surface area (Å²) in [5, 5.41) is 11.6. The van der Waals surface area contributed by atoms with Crippen molar-refractivity contribution in [1.29, 1.82) is 0 Å². The topological polar surface area (TPSA) is 49.3 Å². The summed E-state index contributed by atoms with van der Waals surface area (Å²) in [6.45, 7) is 2.71. The Kier molecular flexibility index (Phi) is 5.35. The number of carbonyl (C=O) groups excluding carboxylic acids is 1. The van der Waals surface area contributed by atoms with Crippen molar-refractivity contribution in [3.8, 4) is 11.8 Å². The van der Waals surface area contributed by atoms with Gasteiger partial charge < -0.3 is 10.4 Å². The number of hydrogen-bond acceptors (Lipinski definition) is 2. The van der Waals surface area contributed by atoms with Gasteiger partial charge in [0.15, 0.2) is 0 Å². The van der Waals surface area contributed by atoms with Gasteiger partial charge in [-0.3, -0.25) is 4.79 Å². The van der Waals surface area contributed by atoms with Crippen molar-refractivity contribution in [2.75, 3.05) is 13.2 Å². The van der Waals surface area contributed by atoms with E-state index in [1.54, 1.807) is 0 Å². The van der Waals surface area contributed by atoms with Gasteiger partial charge in [0.05, 0.1) is 12.2 Å². The summed E-state index contributed by atoms with van der Waals surface area (Å²) in [5.74, 6) is 6.01. The van der Waals surface area contributed by atoms with E-state index >= 15 is 0 Å². The zero-order valence-corrected chi connectivity index (χ0v) is 12.2. The highest BCUT2D eigenvalue weighted by atomic mass is 19.1. The van der Waals surface area contributed by atoms with E-state index < -0.39 is 5.82 Å². The van der Waals surface area contributed by atoms with Crippen LogP contribution in [0.4, 0.5) is 4.39 Å². The van der Waals surface area contributed by atoms with E-state index in [9.17, 15) is 9.18 Å². The minimum atomic E-state index is -0.425. The van der Waals surface area contributed by atoms with Crippen molar-refractivity contribution in [3.05, 3.63) is 35.1 Å². The maximum atomic E-state index is 13.3. The molecule has 0 bridgehead atoms. The van der Waals surface area contributed by atoms with Crippen molar-refractivity contribution in [1.82, 2.24) is 5.32 Å². The lowest BCUT2D eigenvalue weighted by Crippen LogP contribution is -2.29. The maximum absolute atomic E-state index is 13.3. The molecule has 0 radical (unpaired) electrons. The Morgan fingerprint density at radius 1 is 1.52 bits per heavy atom. The number of carbonyl (C=O) groups is 1. The average molecular weight is 289 g/mol. The molecular formula is C17H20FNO2. The number of amides is 1. The van der Waals surface area contributed by atoms with Gasteiger partial charge in [-0.05, 0) is 42.9 Å². The van der Waals surface area contributed by atoms with Gasteiger partial charge >= 0.3 is 0 Å². The third kappa shape index (κ3) is 4.57. The summed E-state index contributed by atoms with van der Waals surface area (Å²) < 4.78 is 13.3. The zero-order valence-electron chi connectivity index (χ0n) is 12.2. The molecule has 1 atom stereocenters. The summed E-state index contributed by atoms with van der Waals surface area (Å²) in [5.41, 5.74) is 0.741. The van der Waals surface area contributed by atoms with Crippen LogP contribution in [0.1, 0.15) is 42.1 Å². The molecule has 1 amide bonds. The molecule has 0 spiro atoms. The van der Waals surface area contributed by atoms with Gasteiger partial charge in [0.25, 0.3) is 5.91 Å². The fourth-order valence-corrected chi connectivity index (χ4v) is 2.21. The molecule has 2 N–H and O–H groups in total. The van der Waals surface area contributed by atoms with Crippen LogP contribution in [0.25, 0.3) is 0 Å². The summed E-state index contributed by atoms with van der Waals surface area (Å²) in [7, 11) is 0. The van der Waals surface area contributed by atoms with E-state index in [1.807, 2.05) is 0 Å². The number of hydrogen-bond donors (Lipinski definition) is 2. The molecule has 1 saturated carbocycles. The molecule has 1 aliphatic rings. The standard InChI is InChI=1S/C17H20FNO2/c1-12(13-5-6-13)11-19-17(21)16-8-7-15(18)10-14(16)4-2-3-9-20/h7-8,10,12-13,20H,3,5-6,9,11H2,1H3,(H,19,21). The molecule has 1 unspecified atom stereocenters. The Balaban J connectivity index is 2.06. The molecule has 112 valence electrons. The van der Waals surface area contributed by atoms with Gasteiger partial charge in [0, 0.05) is 18.5 Å². The highest BCUT2D eigenvalue weighted by molar-refractivity contribution is 5.96. The lowest BCUT2D eigenvalue weighted by Gasteiger charge is -2.12. The van der Waals surface area contributed by atoms with E-state index in [0.717, 1.165) is 5.92 Å². The number of aliphatic hydroxyl groups is 1. The van der Waals surface area contributed by atoms with Crippen LogP contribution < -0.4 is 5.32 Å². The van der Waals surface area contributed by atoms with Crippen molar-refractivity contribution < 1.29 is 14.3 Å². The van der Waals surface area contributed by atoms with E-state index in [2.05, 4.69) is 24.1 Å². The fraction of sp³-hybridized carbons (Fsp3) is 0.471. The van der Waals surface area contributed by atoms with Crippen LogP contribution in [0.15, 0.2) is 18.2 Å². The van der Waals surface area contributed by atoms with E-state index in [-0.39, 0.29) is 12.5 Å². The Labute approximate surface area is 124 Å². The third-order valence-electron chi connectivity index (χ3n) is 3.70. The van der Waals surface area contributed by atoms with Gasteiger partial charge in [0.2, 0.25) is 0 Å². The largest absolute Gasteiger partial charge is 0.395 e. The van der Waals surface area contributed by atoms with Gasteiger partial charge in [-0.25, -0.2) is 4.39 Å². The Bertz CT molecular complexity index is 570. The van der Waals surface area contributed by atoms with Crippen LogP contribution in [0, 0.1) is 29.5 Å². The second-order valence-electron chi connectivity index (χ2n) is 5.49. The molecule has 3 nitrogen and oxygen atoms in total. The molecule has 0 heterocycles. The van der Waals surface area contributed by atoms with E-state index in [4.69, 9.17) is 5.11 Å². The lowest BCUT2D eigenvalue weighted by atomic mass is 10.0. The molecule has 1 fully saturated rings. The quantitative estimate of drug-likeness (QED) is 0.817. The SMILES string of the molecule is CC(CNC(=O)c1ccc(F)cc1C#CCCO)C1CC1. The predicted octanol–water partition coefficient (Wildman–Crippen LogP) is 2.34. The van der Waals surface area contributed by atoms with Crippen LogP contribution in [0.5, 0.6) is 0 Å². The molecular weight excluding hydrogens is 269 g/mol. The van der Waals surface area contributed by atoms with Crippen molar-refractivity contribution >= 4 is 5.91 Å². The second-order valence-corrected chi connectivity index (χ2v) is 5.49. The predicted molar refractivity (Wildman–Crippen MR) is 79.2 cm³/mol. The van der Waals surface area contributed by atoms with Crippen molar-refractivity contribution in [2.24, 2.45) is 11.8 Å². The van der Waals surface area contributed by atoms with Gasteiger partial charge in [-0.2, -0.15) is 0 Å². The third-order valence-corrected chi connectivity index (χ3v) is 3.70. The molecule has 2 rings (SSSR count). The van der Waals surface area contributed by atoms with Crippen LogP contribution in [-0.2, 0) is 0 Å². The first-order valence-electron chi connectivity index (χ1n) is 7.29.